The van der Waals surface area contributed by atoms with E-state index in [-0.39, 0.29) is 39.2 Å². The van der Waals surface area contributed by atoms with E-state index in [2.05, 4.69) is 30.3 Å². The molecular weight excluding hydrogens is 478 g/mol. The topological polar surface area (TPSA) is 136 Å². The lowest BCUT2D eigenvalue weighted by Crippen LogP contribution is -2.18. The van der Waals surface area contributed by atoms with Crippen molar-refractivity contribution in [2.45, 2.75) is 49.3 Å². The maximum absolute atomic E-state index is 14.6. The van der Waals surface area contributed by atoms with E-state index in [4.69, 9.17) is 9.30 Å². The molecule has 4 aromatic rings. The zero-order valence-electron chi connectivity index (χ0n) is 19.0. The third-order valence-corrected chi connectivity index (χ3v) is 8.34. The van der Waals surface area contributed by atoms with Gasteiger partial charge >= 0.3 is 0 Å². The van der Waals surface area contributed by atoms with Gasteiger partial charge in [-0.1, -0.05) is 12.1 Å². The molecule has 2 aliphatic rings. The first-order valence-electron chi connectivity index (χ1n) is 11.4. The Kier molecular flexibility index (Phi) is 4.79. The Balaban J connectivity index is 1.47. The van der Waals surface area contributed by atoms with Crippen molar-refractivity contribution in [3.05, 3.63) is 29.9 Å². The highest BCUT2D eigenvalue weighted by Gasteiger charge is 2.49. The zero-order valence-corrected chi connectivity index (χ0v) is 19.8. The molecule has 2 saturated carbocycles. The van der Waals surface area contributed by atoms with Gasteiger partial charge in [-0.25, -0.2) is 14.0 Å². The van der Waals surface area contributed by atoms with Crippen molar-refractivity contribution in [3.8, 4) is 22.9 Å². The Morgan fingerprint density at radius 2 is 1.97 bits per heavy atom. The van der Waals surface area contributed by atoms with Crippen LogP contribution in [0, 0.1) is 10.7 Å². The number of nitrogens with one attached hydrogen (secondary N) is 1. The minimum absolute atomic E-state index is 0.0478. The number of aromatic nitrogens is 7. The average Bonchev–Trinajstić information content (AvgIpc) is 3.79. The van der Waals surface area contributed by atoms with E-state index in [1.165, 1.54) is 12.3 Å². The summed E-state index contributed by atoms with van der Waals surface area (Å²) in [6, 6.07) is 2.81. The van der Waals surface area contributed by atoms with Crippen molar-refractivity contribution in [1.29, 1.82) is 4.78 Å². The SMILES string of the molecule is CCS(=N)(=O)c1cc(-c2noc(C3CC3)n2)cnc1-c1nc2cc(C(F)(F)C3CC3)nnc2n1C. The lowest BCUT2D eigenvalue weighted by Gasteiger charge is -2.13. The monoisotopic (exact) mass is 500 g/mol. The molecule has 4 heterocycles. The van der Waals surface area contributed by atoms with Crippen molar-refractivity contribution in [1.82, 2.24) is 34.9 Å². The Hall–Kier alpha value is -3.35. The fourth-order valence-electron chi connectivity index (χ4n) is 4.01. The summed E-state index contributed by atoms with van der Waals surface area (Å²) < 4.78 is 57.8. The molecule has 1 atom stereocenters. The zero-order chi connectivity index (χ0) is 24.5. The summed E-state index contributed by atoms with van der Waals surface area (Å²) in [6.07, 6.45) is 4.42. The number of hydrogen-bond donors (Lipinski definition) is 1. The molecule has 182 valence electrons. The molecule has 0 spiro atoms. The number of halogens is 2. The number of rotatable bonds is 7. The molecule has 0 aromatic carbocycles. The third kappa shape index (κ3) is 3.68. The van der Waals surface area contributed by atoms with Crippen LogP contribution in [0.5, 0.6) is 0 Å². The van der Waals surface area contributed by atoms with E-state index in [1.807, 2.05) is 0 Å². The van der Waals surface area contributed by atoms with Gasteiger partial charge in [0.2, 0.25) is 11.7 Å². The van der Waals surface area contributed by atoms with E-state index in [1.54, 1.807) is 24.6 Å². The minimum atomic E-state index is -3.25. The van der Waals surface area contributed by atoms with E-state index < -0.39 is 27.3 Å². The minimum Gasteiger partial charge on any atom is -0.339 e. The smallest absolute Gasteiger partial charge is 0.294 e. The number of fused-ring (bicyclic) bond motifs is 1. The van der Waals surface area contributed by atoms with E-state index in [9.17, 15) is 13.0 Å². The van der Waals surface area contributed by atoms with Crippen molar-refractivity contribution >= 4 is 20.9 Å². The predicted octanol–water partition coefficient (Wildman–Crippen LogP) is 4.28. The maximum Gasteiger partial charge on any atom is 0.294 e. The maximum atomic E-state index is 14.6. The Morgan fingerprint density at radius 1 is 1.20 bits per heavy atom. The second-order valence-electron chi connectivity index (χ2n) is 9.10. The molecule has 0 radical (unpaired) electrons. The van der Waals surface area contributed by atoms with Crippen LogP contribution in [0.4, 0.5) is 8.78 Å². The molecule has 2 aliphatic carbocycles. The summed E-state index contributed by atoms with van der Waals surface area (Å²) in [7, 11) is -1.60. The van der Waals surface area contributed by atoms with E-state index in [0.717, 1.165) is 12.8 Å². The van der Waals surface area contributed by atoms with Crippen LogP contribution in [0.25, 0.3) is 34.1 Å². The summed E-state index contributed by atoms with van der Waals surface area (Å²) in [5.74, 6) is -2.35. The van der Waals surface area contributed by atoms with Gasteiger partial charge in [0.1, 0.15) is 16.9 Å². The van der Waals surface area contributed by atoms with Gasteiger partial charge in [0, 0.05) is 36.4 Å². The lowest BCUT2D eigenvalue weighted by molar-refractivity contribution is -0.0335. The highest BCUT2D eigenvalue weighted by Crippen LogP contribution is 2.49. The normalized spacial score (nSPS) is 18.2. The van der Waals surface area contributed by atoms with Gasteiger partial charge in [0.05, 0.1) is 14.6 Å². The molecule has 4 aromatic heterocycles. The summed E-state index contributed by atoms with van der Waals surface area (Å²) in [5.41, 5.74) is 0.773. The molecule has 0 bridgehead atoms. The van der Waals surface area contributed by atoms with Crippen LogP contribution in [0.1, 0.15) is 50.1 Å². The molecule has 13 heteroatoms. The molecule has 1 N–H and O–H groups in total. The van der Waals surface area contributed by atoms with Gasteiger partial charge in [-0.2, -0.15) is 13.8 Å². The van der Waals surface area contributed by atoms with Gasteiger partial charge in [-0.15, -0.1) is 10.2 Å². The highest BCUT2D eigenvalue weighted by molar-refractivity contribution is 7.92. The second-order valence-corrected chi connectivity index (χ2v) is 11.5. The molecule has 10 nitrogen and oxygen atoms in total. The molecule has 1 unspecified atom stereocenters. The van der Waals surface area contributed by atoms with Crippen molar-refractivity contribution in [2.24, 2.45) is 13.0 Å². The fourth-order valence-corrected chi connectivity index (χ4v) is 5.09. The van der Waals surface area contributed by atoms with Crippen LogP contribution >= 0.6 is 0 Å². The third-order valence-electron chi connectivity index (χ3n) is 6.50. The van der Waals surface area contributed by atoms with Crippen LogP contribution in [0.2, 0.25) is 0 Å². The number of nitrogens with zero attached hydrogens (tertiary/aromatic N) is 7. The van der Waals surface area contributed by atoms with Gasteiger partial charge in [0.15, 0.2) is 11.5 Å². The van der Waals surface area contributed by atoms with Crippen molar-refractivity contribution in [3.63, 3.8) is 0 Å². The number of aryl methyl sites for hydroxylation is 1. The summed E-state index contributed by atoms with van der Waals surface area (Å²) in [4.78, 5) is 13.5. The van der Waals surface area contributed by atoms with E-state index in [0.29, 0.717) is 30.1 Å². The summed E-state index contributed by atoms with van der Waals surface area (Å²) >= 11 is 0. The number of imidazole rings is 1. The van der Waals surface area contributed by atoms with Crippen LogP contribution in [0.3, 0.4) is 0 Å². The Morgan fingerprint density at radius 3 is 2.66 bits per heavy atom. The van der Waals surface area contributed by atoms with Crippen molar-refractivity contribution < 1.29 is 17.5 Å². The largest absolute Gasteiger partial charge is 0.339 e. The molecular formula is C22H22F2N8O2S. The molecule has 0 aliphatic heterocycles. The predicted molar refractivity (Wildman–Crippen MR) is 121 cm³/mol. The summed E-state index contributed by atoms with van der Waals surface area (Å²) in [6.45, 7) is 1.65. The van der Waals surface area contributed by atoms with Crippen LogP contribution in [-0.4, -0.2) is 44.8 Å². The second kappa shape index (κ2) is 7.57. The summed E-state index contributed by atoms with van der Waals surface area (Å²) in [5, 5.41) is 11.8. The Labute approximate surface area is 199 Å². The molecule has 2 fully saturated rings. The average molecular weight is 501 g/mol. The number of hydrogen-bond acceptors (Lipinski definition) is 9. The van der Waals surface area contributed by atoms with Crippen LogP contribution < -0.4 is 0 Å². The number of alkyl halides is 2. The van der Waals surface area contributed by atoms with Crippen LogP contribution in [-0.2, 0) is 22.7 Å². The van der Waals surface area contributed by atoms with Gasteiger partial charge in [-0.05, 0) is 37.8 Å². The number of pyridine rings is 1. The standard InChI is InChI=1S/C22H22F2N8O2S/c1-3-35(25,33)15-8-12(18-28-21(34-31-18)11-4-5-11)10-26-17(15)20-27-14-9-16(22(23,24)13-6-7-13)29-30-19(14)32(20)2/h8-11,13,25H,3-7H2,1-2H3. The molecule has 35 heavy (non-hydrogen) atoms. The highest BCUT2D eigenvalue weighted by atomic mass is 32.2. The molecule has 0 amide bonds. The lowest BCUT2D eigenvalue weighted by atomic mass is 10.1. The van der Waals surface area contributed by atoms with Gasteiger partial charge < -0.3 is 9.09 Å². The first-order valence-corrected chi connectivity index (χ1v) is 13.1. The van der Waals surface area contributed by atoms with Gasteiger partial charge in [0.25, 0.3) is 5.92 Å². The van der Waals surface area contributed by atoms with Crippen LogP contribution in [0.15, 0.2) is 27.7 Å². The Bertz CT molecular complexity index is 1570. The van der Waals surface area contributed by atoms with Crippen molar-refractivity contribution in [2.75, 3.05) is 5.75 Å². The molecule has 6 rings (SSSR count). The quantitative estimate of drug-likeness (QED) is 0.397. The van der Waals surface area contributed by atoms with E-state index >= 15 is 0 Å². The molecule has 0 saturated heterocycles. The first-order chi connectivity index (χ1) is 16.7. The first kappa shape index (κ1) is 22.1. The van der Waals surface area contributed by atoms with Gasteiger partial charge in [-0.3, -0.25) is 4.98 Å². The fraction of sp³-hybridized carbons (Fsp3) is 0.455.